The SMILES string of the molecule is CCOC(=O)C(=C(C)C(C)NC(=O)Oc1ccccc1)N1CCOCC1. The van der Waals surface area contributed by atoms with Gasteiger partial charge in [-0.05, 0) is 38.5 Å². The predicted molar refractivity (Wildman–Crippen MR) is 96.8 cm³/mol. The van der Waals surface area contributed by atoms with Crippen molar-refractivity contribution < 1.29 is 23.8 Å². The Morgan fingerprint density at radius 3 is 2.50 bits per heavy atom. The number of para-hydroxylation sites is 1. The van der Waals surface area contributed by atoms with Gasteiger partial charge in [0.2, 0.25) is 0 Å². The summed E-state index contributed by atoms with van der Waals surface area (Å²) in [4.78, 5) is 26.5. The van der Waals surface area contributed by atoms with Gasteiger partial charge in [0.15, 0.2) is 0 Å². The van der Waals surface area contributed by atoms with Gasteiger partial charge in [-0.15, -0.1) is 0 Å². The molecule has 1 aliphatic heterocycles. The van der Waals surface area contributed by atoms with Crippen molar-refractivity contribution in [3.8, 4) is 5.75 Å². The van der Waals surface area contributed by atoms with Gasteiger partial charge >= 0.3 is 12.1 Å². The normalized spacial score (nSPS) is 16.3. The molecule has 1 aromatic rings. The fourth-order valence-corrected chi connectivity index (χ4v) is 2.64. The van der Waals surface area contributed by atoms with Gasteiger partial charge in [0.1, 0.15) is 11.4 Å². The number of nitrogens with zero attached hydrogens (tertiary/aromatic N) is 1. The van der Waals surface area contributed by atoms with Gasteiger partial charge in [-0.3, -0.25) is 0 Å². The summed E-state index contributed by atoms with van der Waals surface area (Å²) in [7, 11) is 0. The van der Waals surface area contributed by atoms with E-state index in [-0.39, 0.29) is 6.61 Å². The molecule has 0 saturated carbocycles. The van der Waals surface area contributed by atoms with E-state index in [9.17, 15) is 9.59 Å². The number of benzene rings is 1. The summed E-state index contributed by atoms with van der Waals surface area (Å²) in [5.41, 5.74) is 1.19. The van der Waals surface area contributed by atoms with E-state index in [1.807, 2.05) is 17.9 Å². The van der Waals surface area contributed by atoms with Crippen LogP contribution >= 0.6 is 0 Å². The van der Waals surface area contributed by atoms with E-state index >= 15 is 0 Å². The second-order valence-corrected chi connectivity index (χ2v) is 5.92. The molecule has 1 aromatic carbocycles. The molecule has 7 heteroatoms. The highest BCUT2D eigenvalue weighted by molar-refractivity contribution is 5.89. The average Bonchev–Trinajstić information content (AvgIpc) is 2.63. The molecule has 1 atom stereocenters. The number of nitrogens with one attached hydrogen (secondary N) is 1. The predicted octanol–water partition coefficient (Wildman–Crippen LogP) is 2.33. The Hall–Kier alpha value is -2.54. The van der Waals surface area contributed by atoms with Crippen LogP contribution in [0.25, 0.3) is 0 Å². The molecule has 2 rings (SSSR count). The molecule has 0 bridgehead atoms. The quantitative estimate of drug-likeness (QED) is 0.618. The van der Waals surface area contributed by atoms with Crippen molar-refractivity contribution in [3.05, 3.63) is 41.6 Å². The summed E-state index contributed by atoms with van der Waals surface area (Å²) in [5.74, 6) is 0.0644. The minimum Gasteiger partial charge on any atom is -0.461 e. The Morgan fingerprint density at radius 2 is 1.88 bits per heavy atom. The first-order chi connectivity index (χ1) is 12.5. The van der Waals surface area contributed by atoms with Crippen molar-refractivity contribution in [1.29, 1.82) is 0 Å². The maximum Gasteiger partial charge on any atom is 0.413 e. The third-order valence-electron chi connectivity index (χ3n) is 4.11. The summed E-state index contributed by atoms with van der Waals surface area (Å²) in [6.45, 7) is 7.98. The lowest BCUT2D eigenvalue weighted by atomic mass is 10.1. The topological polar surface area (TPSA) is 77.1 Å². The van der Waals surface area contributed by atoms with E-state index in [0.29, 0.717) is 37.7 Å². The molecule has 1 heterocycles. The van der Waals surface area contributed by atoms with E-state index in [4.69, 9.17) is 14.2 Å². The van der Waals surface area contributed by atoms with Crippen molar-refractivity contribution in [2.24, 2.45) is 0 Å². The molecule has 1 amide bonds. The van der Waals surface area contributed by atoms with Crippen LogP contribution < -0.4 is 10.1 Å². The zero-order valence-electron chi connectivity index (χ0n) is 15.5. The fourth-order valence-electron chi connectivity index (χ4n) is 2.64. The van der Waals surface area contributed by atoms with E-state index in [1.54, 1.807) is 38.1 Å². The number of ether oxygens (including phenoxy) is 3. The van der Waals surface area contributed by atoms with Crippen molar-refractivity contribution in [3.63, 3.8) is 0 Å². The van der Waals surface area contributed by atoms with E-state index in [2.05, 4.69) is 5.32 Å². The molecule has 7 nitrogen and oxygen atoms in total. The molecular weight excluding hydrogens is 336 g/mol. The Morgan fingerprint density at radius 1 is 1.23 bits per heavy atom. The molecule has 142 valence electrons. The molecule has 1 saturated heterocycles. The number of rotatable bonds is 6. The summed E-state index contributed by atoms with van der Waals surface area (Å²) in [6.07, 6.45) is -0.576. The second-order valence-electron chi connectivity index (χ2n) is 5.92. The number of esters is 1. The maximum absolute atomic E-state index is 12.5. The van der Waals surface area contributed by atoms with Gasteiger partial charge in [0.25, 0.3) is 0 Å². The van der Waals surface area contributed by atoms with Crippen molar-refractivity contribution in [1.82, 2.24) is 10.2 Å². The highest BCUT2D eigenvalue weighted by Crippen LogP contribution is 2.18. The molecule has 0 aromatic heterocycles. The smallest absolute Gasteiger partial charge is 0.413 e. The molecule has 0 spiro atoms. The molecular formula is C19H26N2O5. The van der Waals surface area contributed by atoms with Crippen molar-refractivity contribution in [2.45, 2.75) is 26.8 Å². The monoisotopic (exact) mass is 362 g/mol. The van der Waals surface area contributed by atoms with Crippen LogP contribution in [0.2, 0.25) is 0 Å². The lowest BCUT2D eigenvalue weighted by Crippen LogP contribution is -2.42. The Bertz CT molecular complexity index is 639. The largest absolute Gasteiger partial charge is 0.461 e. The van der Waals surface area contributed by atoms with Crippen molar-refractivity contribution >= 4 is 12.1 Å². The molecule has 1 aliphatic rings. The third-order valence-corrected chi connectivity index (χ3v) is 4.11. The van der Waals surface area contributed by atoms with Gasteiger partial charge in [0.05, 0.1) is 25.9 Å². The molecule has 0 radical (unpaired) electrons. The Kier molecular flexibility index (Phi) is 7.47. The number of carbonyl (C=O) groups excluding carboxylic acids is 2. The van der Waals surface area contributed by atoms with Gasteiger partial charge in [-0.1, -0.05) is 18.2 Å². The highest BCUT2D eigenvalue weighted by atomic mass is 16.6. The summed E-state index contributed by atoms with van der Waals surface area (Å²) in [5, 5.41) is 2.76. The fraction of sp³-hybridized carbons (Fsp3) is 0.474. The molecule has 1 fully saturated rings. The highest BCUT2D eigenvalue weighted by Gasteiger charge is 2.26. The number of morpholine rings is 1. The molecule has 1 N–H and O–H groups in total. The van der Waals surface area contributed by atoms with Gasteiger partial charge in [0, 0.05) is 13.1 Å². The first-order valence-corrected chi connectivity index (χ1v) is 8.77. The van der Waals surface area contributed by atoms with Crippen LogP contribution in [0.1, 0.15) is 20.8 Å². The number of hydrogen-bond donors (Lipinski definition) is 1. The summed E-state index contributed by atoms with van der Waals surface area (Å²) < 4.78 is 15.8. The van der Waals surface area contributed by atoms with E-state index < -0.39 is 18.1 Å². The molecule has 26 heavy (non-hydrogen) atoms. The zero-order valence-corrected chi connectivity index (χ0v) is 15.5. The van der Waals surface area contributed by atoms with Crippen LogP contribution in [-0.4, -0.2) is 55.9 Å². The van der Waals surface area contributed by atoms with Crippen LogP contribution in [0.15, 0.2) is 41.6 Å². The van der Waals surface area contributed by atoms with Crippen LogP contribution in [0.4, 0.5) is 4.79 Å². The van der Waals surface area contributed by atoms with Crippen molar-refractivity contribution in [2.75, 3.05) is 32.9 Å². The lowest BCUT2D eigenvalue weighted by Gasteiger charge is -2.32. The number of hydrogen-bond acceptors (Lipinski definition) is 6. The second kappa shape index (κ2) is 9.82. The van der Waals surface area contributed by atoms with Gasteiger partial charge in [-0.2, -0.15) is 0 Å². The Labute approximate surface area is 153 Å². The zero-order chi connectivity index (χ0) is 18.9. The van der Waals surface area contributed by atoms with E-state index in [1.165, 1.54) is 0 Å². The number of carbonyl (C=O) groups is 2. The number of amides is 1. The van der Waals surface area contributed by atoms with Crippen LogP contribution in [0, 0.1) is 0 Å². The first kappa shape index (κ1) is 19.8. The standard InChI is InChI=1S/C19H26N2O5/c1-4-25-18(22)17(21-10-12-24-13-11-21)14(2)15(3)20-19(23)26-16-8-6-5-7-9-16/h5-9,15H,4,10-13H2,1-3H3,(H,20,23). The van der Waals surface area contributed by atoms with Gasteiger partial charge < -0.3 is 24.4 Å². The summed E-state index contributed by atoms with van der Waals surface area (Å²) in [6, 6.07) is 8.42. The third kappa shape index (κ3) is 5.49. The first-order valence-electron chi connectivity index (χ1n) is 8.77. The van der Waals surface area contributed by atoms with Crippen LogP contribution in [-0.2, 0) is 14.3 Å². The molecule has 0 aliphatic carbocycles. The molecule has 1 unspecified atom stereocenters. The lowest BCUT2D eigenvalue weighted by molar-refractivity contribution is -0.141. The minimum atomic E-state index is -0.576. The van der Waals surface area contributed by atoms with E-state index in [0.717, 1.165) is 5.57 Å². The summed E-state index contributed by atoms with van der Waals surface area (Å²) >= 11 is 0. The average molecular weight is 362 g/mol. The Balaban J connectivity index is 2.11. The van der Waals surface area contributed by atoms with Crippen LogP contribution in [0.3, 0.4) is 0 Å². The van der Waals surface area contributed by atoms with Crippen LogP contribution in [0.5, 0.6) is 5.75 Å². The minimum absolute atomic E-state index is 0.289. The van der Waals surface area contributed by atoms with Gasteiger partial charge in [-0.25, -0.2) is 9.59 Å². The maximum atomic E-state index is 12.5.